The minimum absolute atomic E-state index is 0.00173. The molecule has 18 heavy (non-hydrogen) atoms. The number of nitrogens with two attached hydrogens (primary N) is 1. The summed E-state index contributed by atoms with van der Waals surface area (Å²) in [6.07, 6.45) is 0.515. The molecule has 1 aromatic rings. The summed E-state index contributed by atoms with van der Waals surface area (Å²) in [6, 6.07) is 3.81. The normalized spacial score (nSPS) is 21.8. The van der Waals surface area contributed by atoms with Gasteiger partial charge in [0.2, 0.25) is 0 Å². The van der Waals surface area contributed by atoms with Crippen LogP contribution in [0.2, 0.25) is 0 Å². The Balaban J connectivity index is 2.02. The summed E-state index contributed by atoms with van der Waals surface area (Å²) in [6.45, 7) is 0.700. The Bertz CT molecular complexity index is 400. The van der Waals surface area contributed by atoms with Crippen LogP contribution < -0.4 is 11.3 Å². The van der Waals surface area contributed by atoms with Crippen molar-refractivity contribution in [1.82, 2.24) is 5.43 Å². The van der Waals surface area contributed by atoms with E-state index in [1.54, 1.807) is 6.07 Å². The largest absolute Gasteiger partial charge is 0.375 e. The molecular weight excluding hydrogens is 258 g/mol. The molecule has 1 aliphatic rings. The summed E-state index contributed by atoms with van der Waals surface area (Å²) in [7, 11) is 0. The van der Waals surface area contributed by atoms with Gasteiger partial charge in [-0.25, -0.2) is 8.78 Å². The number of hydrogen-bond donors (Lipinski definition) is 2. The molecule has 2 rings (SSSR count). The zero-order valence-electron chi connectivity index (χ0n) is 9.86. The topological polar surface area (TPSA) is 47.3 Å². The van der Waals surface area contributed by atoms with E-state index < -0.39 is 11.6 Å². The van der Waals surface area contributed by atoms with Crippen LogP contribution in [0.25, 0.3) is 0 Å². The number of halogens is 2. The lowest BCUT2D eigenvalue weighted by atomic mass is 10.0. The lowest BCUT2D eigenvalue weighted by Gasteiger charge is -2.29. The van der Waals surface area contributed by atoms with Crippen LogP contribution in [0, 0.1) is 11.6 Å². The van der Waals surface area contributed by atoms with Gasteiger partial charge in [-0.15, -0.1) is 0 Å². The number of nitrogens with one attached hydrogen (secondary N) is 1. The highest BCUT2D eigenvalue weighted by Crippen LogP contribution is 2.18. The number of rotatable bonds is 4. The average molecular weight is 274 g/mol. The van der Waals surface area contributed by atoms with E-state index in [0.717, 1.165) is 17.6 Å². The summed E-state index contributed by atoms with van der Waals surface area (Å²) in [4.78, 5) is 0. The van der Waals surface area contributed by atoms with Crippen molar-refractivity contribution in [3.8, 4) is 0 Å². The first-order chi connectivity index (χ1) is 8.70. The third kappa shape index (κ3) is 3.41. The maximum absolute atomic E-state index is 13.1. The van der Waals surface area contributed by atoms with Crippen LogP contribution in [0.1, 0.15) is 5.56 Å². The van der Waals surface area contributed by atoms with Crippen molar-refractivity contribution in [2.24, 2.45) is 5.84 Å². The number of benzene rings is 1. The van der Waals surface area contributed by atoms with E-state index in [2.05, 4.69) is 5.43 Å². The molecule has 1 aromatic carbocycles. The van der Waals surface area contributed by atoms with E-state index >= 15 is 0 Å². The molecule has 3 nitrogen and oxygen atoms in total. The molecular formula is C12H16F2N2OS. The van der Waals surface area contributed by atoms with Crippen molar-refractivity contribution in [3.05, 3.63) is 35.4 Å². The van der Waals surface area contributed by atoms with Crippen LogP contribution in [-0.2, 0) is 11.2 Å². The number of hydrazine groups is 1. The quantitative estimate of drug-likeness (QED) is 0.645. The first-order valence-corrected chi connectivity index (χ1v) is 6.95. The standard InChI is InChI=1S/C12H16F2N2OS/c13-9-2-1-8(5-10(9)14)6-11(16-15)12-7-18-4-3-17-12/h1-2,5,11-12,16H,3-4,6-7,15H2. The fraction of sp³-hybridized carbons (Fsp3) is 0.500. The molecule has 1 fully saturated rings. The van der Waals surface area contributed by atoms with Gasteiger partial charge in [0.05, 0.1) is 18.8 Å². The fourth-order valence-corrected chi connectivity index (χ4v) is 2.90. The molecule has 100 valence electrons. The summed E-state index contributed by atoms with van der Waals surface area (Å²) < 4.78 is 31.6. The van der Waals surface area contributed by atoms with Crippen LogP contribution in [-0.4, -0.2) is 30.3 Å². The van der Waals surface area contributed by atoms with Gasteiger partial charge in [-0.05, 0) is 24.1 Å². The molecule has 0 spiro atoms. The molecule has 0 saturated carbocycles. The lowest BCUT2D eigenvalue weighted by Crippen LogP contribution is -2.49. The second-order valence-corrected chi connectivity index (χ2v) is 5.36. The highest BCUT2D eigenvalue weighted by Gasteiger charge is 2.24. The summed E-state index contributed by atoms with van der Waals surface area (Å²) in [5.74, 6) is 5.69. The number of ether oxygens (including phenoxy) is 1. The van der Waals surface area contributed by atoms with E-state index in [1.807, 2.05) is 11.8 Å². The van der Waals surface area contributed by atoms with Gasteiger partial charge in [0.15, 0.2) is 11.6 Å². The second-order valence-electron chi connectivity index (χ2n) is 4.21. The Morgan fingerprint density at radius 3 is 2.89 bits per heavy atom. The van der Waals surface area contributed by atoms with Gasteiger partial charge in [-0.1, -0.05) is 6.07 Å². The van der Waals surface area contributed by atoms with Crippen molar-refractivity contribution in [3.63, 3.8) is 0 Å². The minimum atomic E-state index is -0.833. The number of hydrogen-bond acceptors (Lipinski definition) is 4. The maximum atomic E-state index is 13.1. The SMILES string of the molecule is NNC(Cc1ccc(F)c(F)c1)C1CSCCO1. The molecule has 1 saturated heterocycles. The van der Waals surface area contributed by atoms with E-state index in [1.165, 1.54) is 6.07 Å². The summed E-state index contributed by atoms with van der Waals surface area (Å²) >= 11 is 1.81. The molecule has 0 bridgehead atoms. The average Bonchev–Trinajstić information content (AvgIpc) is 2.41. The Kier molecular flexibility index (Phi) is 4.94. The first-order valence-electron chi connectivity index (χ1n) is 5.80. The molecule has 2 unspecified atom stereocenters. The van der Waals surface area contributed by atoms with Crippen LogP contribution in [0.4, 0.5) is 8.78 Å². The number of thioether (sulfide) groups is 1. The van der Waals surface area contributed by atoms with Crippen LogP contribution in [0.3, 0.4) is 0 Å². The fourth-order valence-electron chi connectivity index (χ4n) is 1.96. The molecule has 3 N–H and O–H groups in total. The molecule has 0 aliphatic carbocycles. The zero-order valence-corrected chi connectivity index (χ0v) is 10.7. The van der Waals surface area contributed by atoms with Crippen LogP contribution in [0.5, 0.6) is 0 Å². The van der Waals surface area contributed by atoms with Gasteiger partial charge < -0.3 is 4.74 Å². The second kappa shape index (κ2) is 6.47. The van der Waals surface area contributed by atoms with E-state index in [4.69, 9.17) is 10.6 Å². The molecule has 1 heterocycles. The smallest absolute Gasteiger partial charge is 0.159 e. The Labute approximate surface area is 109 Å². The highest BCUT2D eigenvalue weighted by atomic mass is 32.2. The van der Waals surface area contributed by atoms with Crippen LogP contribution in [0.15, 0.2) is 18.2 Å². The van der Waals surface area contributed by atoms with E-state index in [9.17, 15) is 8.78 Å². The molecule has 2 atom stereocenters. The Morgan fingerprint density at radius 1 is 1.44 bits per heavy atom. The van der Waals surface area contributed by atoms with Gasteiger partial charge in [0, 0.05) is 11.5 Å². The lowest BCUT2D eigenvalue weighted by molar-refractivity contribution is 0.0471. The molecule has 1 aliphatic heterocycles. The van der Waals surface area contributed by atoms with Crippen molar-refractivity contribution >= 4 is 11.8 Å². The van der Waals surface area contributed by atoms with Crippen molar-refractivity contribution in [2.45, 2.75) is 18.6 Å². The van der Waals surface area contributed by atoms with Crippen LogP contribution >= 0.6 is 11.8 Å². The zero-order chi connectivity index (χ0) is 13.0. The van der Waals surface area contributed by atoms with Gasteiger partial charge in [0.25, 0.3) is 0 Å². The molecule has 0 amide bonds. The van der Waals surface area contributed by atoms with Crippen molar-refractivity contribution in [2.75, 3.05) is 18.1 Å². The van der Waals surface area contributed by atoms with Crippen molar-refractivity contribution in [1.29, 1.82) is 0 Å². The van der Waals surface area contributed by atoms with Gasteiger partial charge in [0.1, 0.15) is 0 Å². The van der Waals surface area contributed by atoms with E-state index in [-0.39, 0.29) is 12.1 Å². The third-order valence-electron chi connectivity index (χ3n) is 2.94. The predicted octanol–water partition coefficient (Wildman–Crippen LogP) is 1.47. The van der Waals surface area contributed by atoms with Gasteiger partial charge >= 0.3 is 0 Å². The minimum Gasteiger partial charge on any atom is -0.375 e. The monoisotopic (exact) mass is 274 g/mol. The Hall–Kier alpha value is -0.690. The van der Waals surface area contributed by atoms with E-state index in [0.29, 0.717) is 18.6 Å². The predicted molar refractivity (Wildman–Crippen MR) is 68.2 cm³/mol. The van der Waals surface area contributed by atoms with Gasteiger partial charge in [-0.2, -0.15) is 11.8 Å². The van der Waals surface area contributed by atoms with Crippen molar-refractivity contribution < 1.29 is 13.5 Å². The summed E-state index contributed by atoms with van der Waals surface area (Å²) in [5, 5.41) is 0. The Morgan fingerprint density at radius 2 is 2.28 bits per heavy atom. The molecule has 6 heteroatoms. The molecule has 0 aromatic heterocycles. The van der Waals surface area contributed by atoms with Gasteiger partial charge in [-0.3, -0.25) is 11.3 Å². The molecule has 0 radical (unpaired) electrons. The first kappa shape index (κ1) is 13.7. The highest BCUT2D eigenvalue weighted by molar-refractivity contribution is 7.99. The maximum Gasteiger partial charge on any atom is 0.159 e. The third-order valence-corrected chi connectivity index (χ3v) is 3.96. The summed E-state index contributed by atoms with van der Waals surface area (Å²) in [5.41, 5.74) is 3.40.